The number of carbonyl (C=O) groups is 4. The largest absolute Gasteiger partial charge is 0.465 e. The van der Waals surface area contributed by atoms with Crippen LogP contribution in [-0.4, -0.2) is 69.3 Å². The SMILES string of the molecule is COC(=O)c1ccc(C(=O)N/N=C(\C)c2cnccn2)cc1.COC(=O)c1ccc(C(=O)N/N=C(\C)c2cnccn2)cc1. The van der Waals surface area contributed by atoms with E-state index in [1.807, 2.05) is 0 Å². The number of hydrogen-bond acceptors (Lipinski definition) is 12. The first-order valence-corrected chi connectivity index (χ1v) is 12.8. The van der Waals surface area contributed by atoms with Crippen LogP contribution in [0.15, 0.2) is 95.9 Å². The smallest absolute Gasteiger partial charge is 0.337 e. The summed E-state index contributed by atoms with van der Waals surface area (Å²) in [6.45, 7) is 3.43. The van der Waals surface area contributed by atoms with Crippen LogP contribution >= 0.6 is 0 Å². The first kappa shape index (κ1) is 32.3. The third kappa shape index (κ3) is 9.44. The van der Waals surface area contributed by atoms with Gasteiger partial charge in [0.05, 0.1) is 49.2 Å². The van der Waals surface area contributed by atoms with Crippen LogP contribution in [0.2, 0.25) is 0 Å². The highest BCUT2D eigenvalue weighted by Gasteiger charge is 2.10. The zero-order valence-corrected chi connectivity index (χ0v) is 24.2. The van der Waals surface area contributed by atoms with Crippen LogP contribution in [0, 0.1) is 0 Å². The van der Waals surface area contributed by atoms with Gasteiger partial charge in [0.2, 0.25) is 0 Å². The molecule has 2 heterocycles. The summed E-state index contributed by atoms with van der Waals surface area (Å²) < 4.78 is 9.18. The standard InChI is InChI=1S/2C15H14N4O3/c2*1-10(13-9-16-7-8-17-13)18-19-14(20)11-3-5-12(6-4-11)15(21)22-2/h2*3-9H,1-2H3,(H,19,20)/b2*18-10+. The summed E-state index contributed by atoms with van der Waals surface area (Å²) in [4.78, 5) is 62.5. The lowest BCUT2D eigenvalue weighted by Crippen LogP contribution is -2.19. The van der Waals surface area contributed by atoms with Crippen LogP contribution in [0.3, 0.4) is 0 Å². The van der Waals surface area contributed by atoms with Gasteiger partial charge in [0.1, 0.15) is 11.4 Å². The number of esters is 2. The Morgan fingerprint density at radius 1 is 0.568 bits per heavy atom. The first-order valence-electron chi connectivity index (χ1n) is 12.8. The molecule has 0 radical (unpaired) electrons. The molecule has 0 fully saturated rings. The van der Waals surface area contributed by atoms with Crippen molar-refractivity contribution >= 4 is 35.2 Å². The van der Waals surface area contributed by atoms with Crippen LogP contribution < -0.4 is 10.9 Å². The highest BCUT2D eigenvalue weighted by atomic mass is 16.5. The van der Waals surface area contributed by atoms with Crippen molar-refractivity contribution in [2.45, 2.75) is 13.8 Å². The van der Waals surface area contributed by atoms with Crippen molar-refractivity contribution in [2.75, 3.05) is 14.2 Å². The van der Waals surface area contributed by atoms with Gasteiger partial charge in [-0.25, -0.2) is 20.4 Å². The summed E-state index contributed by atoms with van der Waals surface area (Å²) in [6.07, 6.45) is 9.30. The van der Waals surface area contributed by atoms with Crippen molar-refractivity contribution in [2.24, 2.45) is 10.2 Å². The van der Waals surface area contributed by atoms with E-state index in [1.54, 1.807) is 51.0 Å². The molecule has 0 unspecified atom stereocenters. The van der Waals surface area contributed by atoms with Crippen molar-refractivity contribution < 1.29 is 28.7 Å². The molecule has 0 spiro atoms. The van der Waals surface area contributed by atoms with E-state index in [2.05, 4.69) is 50.5 Å². The zero-order valence-electron chi connectivity index (χ0n) is 24.2. The normalized spacial score (nSPS) is 10.9. The summed E-state index contributed by atoms with van der Waals surface area (Å²) in [7, 11) is 2.60. The Morgan fingerprint density at radius 2 is 0.909 bits per heavy atom. The number of rotatable bonds is 8. The molecule has 44 heavy (non-hydrogen) atoms. The third-order valence-corrected chi connectivity index (χ3v) is 5.65. The zero-order chi connectivity index (χ0) is 31.9. The molecule has 14 nitrogen and oxygen atoms in total. The van der Waals surface area contributed by atoms with E-state index >= 15 is 0 Å². The van der Waals surface area contributed by atoms with Crippen molar-refractivity contribution in [3.8, 4) is 0 Å². The van der Waals surface area contributed by atoms with Crippen LogP contribution in [0.4, 0.5) is 0 Å². The van der Waals surface area contributed by atoms with E-state index in [1.165, 1.54) is 62.8 Å². The fourth-order valence-electron chi connectivity index (χ4n) is 3.24. The Labute approximate surface area is 252 Å². The van der Waals surface area contributed by atoms with E-state index in [-0.39, 0.29) is 11.8 Å². The number of benzene rings is 2. The highest BCUT2D eigenvalue weighted by Crippen LogP contribution is 2.07. The van der Waals surface area contributed by atoms with Gasteiger partial charge in [-0.05, 0) is 62.4 Å². The second-order valence-corrected chi connectivity index (χ2v) is 8.60. The number of hydrogen-bond donors (Lipinski definition) is 2. The van der Waals surface area contributed by atoms with E-state index in [0.717, 1.165) is 0 Å². The molecule has 0 saturated carbocycles. The number of hydrazone groups is 2. The number of nitrogens with zero attached hydrogens (tertiary/aromatic N) is 6. The van der Waals surface area contributed by atoms with Gasteiger partial charge in [0.15, 0.2) is 0 Å². The number of aromatic nitrogens is 4. The lowest BCUT2D eigenvalue weighted by atomic mass is 10.1. The summed E-state index contributed by atoms with van der Waals surface area (Å²) in [5.74, 6) is -1.69. The Balaban J connectivity index is 0.000000240. The maximum atomic E-state index is 12.0. The molecular weight excluding hydrogens is 568 g/mol. The molecule has 2 N–H and O–H groups in total. The van der Waals surface area contributed by atoms with E-state index in [9.17, 15) is 19.2 Å². The second-order valence-electron chi connectivity index (χ2n) is 8.60. The van der Waals surface area contributed by atoms with Gasteiger partial charge < -0.3 is 9.47 Å². The van der Waals surface area contributed by atoms with Crippen LogP contribution in [0.5, 0.6) is 0 Å². The second kappa shape index (κ2) is 16.3. The molecule has 224 valence electrons. The number of methoxy groups -OCH3 is 2. The first-order chi connectivity index (χ1) is 21.2. The van der Waals surface area contributed by atoms with Gasteiger partial charge in [0.25, 0.3) is 11.8 Å². The predicted molar refractivity (Wildman–Crippen MR) is 159 cm³/mol. The average molecular weight is 597 g/mol. The summed E-state index contributed by atoms with van der Waals surface area (Å²) >= 11 is 0. The van der Waals surface area contributed by atoms with Crippen molar-refractivity contribution in [3.63, 3.8) is 0 Å². The topological polar surface area (TPSA) is 187 Å². The van der Waals surface area contributed by atoms with E-state index in [0.29, 0.717) is 45.1 Å². The molecule has 0 saturated heterocycles. The molecule has 0 atom stereocenters. The van der Waals surface area contributed by atoms with Crippen LogP contribution in [0.25, 0.3) is 0 Å². The number of amides is 2. The fourth-order valence-corrected chi connectivity index (χ4v) is 3.24. The van der Waals surface area contributed by atoms with E-state index in [4.69, 9.17) is 0 Å². The number of nitrogens with one attached hydrogen (secondary N) is 2. The van der Waals surface area contributed by atoms with Crippen LogP contribution in [-0.2, 0) is 9.47 Å². The summed E-state index contributed by atoms with van der Waals surface area (Å²) in [5.41, 5.74) is 8.57. The minimum atomic E-state index is -0.455. The lowest BCUT2D eigenvalue weighted by Gasteiger charge is -2.03. The molecule has 0 aliphatic heterocycles. The van der Waals surface area contributed by atoms with Crippen molar-refractivity contribution in [1.29, 1.82) is 0 Å². The van der Waals surface area contributed by atoms with Gasteiger partial charge >= 0.3 is 11.9 Å². The maximum Gasteiger partial charge on any atom is 0.337 e. The molecule has 2 amide bonds. The monoisotopic (exact) mass is 596 g/mol. The minimum absolute atomic E-state index is 0.373. The Bertz CT molecular complexity index is 1520. The van der Waals surface area contributed by atoms with Crippen molar-refractivity contribution in [3.05, 3.63) is 119 Å². The highest BCUT2D eigenvalue weighted by molar-refractivity contribution is 6.01. The maximum absolute atomic E-state index is 12.0. The Morgan fingerprint density at radius 3 is 1.20 bits per heavy atom. The van der Waals surface area contributed by atoms with Crippen LogP contribution in [0.1, 0.15) is 66.7 Å². The summed E-state index contributed by atoms with van der Waals surface area (Å²) in [6, 6.07) is 12.1. The molecule has 0 aliphatic carbocycles. The molecule has 0 bridgehead atoms. The predicted octanol–water partition coefficient (Wildman–Crippen LogP) is 2.83. The quantitative estimate of drug-likeness (QED) is 0.174. The Hall–Kier alpha value is -6.18. The number of carbonyl (C=O) groups excluding carboxylic acids is 4. The van der Waals surface area contributed by atoms with Gasteiger partial charge in [-0.15, -0.1) is 0 Å². The average Bonchev–Trinajstić information content (AvgIpc) is 3.09. The van der Waals surface area contributed by atoms with Gasteiger partial charge in [-0.2, -0.15) is 10.2 Å². The van der Waals surface area contributed by atoms with Gasteiger partial charge in [-0.3, -0.25) is 29.5 Å². The molecule has 4 rings (SSSR count). The molecule has 4 aromatic rings. The lowest BCUT2D eigenvalue weighted by molar-refractivity contribution is 0.0592. The Kier molecular flexibility index (Phi) is 12.0. The number of ether oxygens (including phenoxy) is 2. The molecule has 2 aromatic heterocycles. The van der Waals surface area contributed by atoms with Gasteiger partial charge in [-0.1, -0.05) is 0 Å². The fraction of sp³-hybridized carbons (Fsp3) is 0.133. The molecular formula is C30H28N8O6. The summed E-state index contributed by atoms with van der Waals surface area (Å²) in [5, 5.41) is 7.93. The minimum Gasteiger partial charge on any atom is -0.465 e. The molecule has 14 heteroatoms. The van der Waals surface area contributed by atoms with Gasteiger partial charge in [0, 0.05) is 35.9 Å². The van der Waals surface area contributed by atoms with E-state index < -0.39 is 11.9 Å². The molecule has 2 aromatic carbocycles. The van der Waals surface area contributed by atoms with Crippen molar-refractivity contribution in [1.82, 2.24) is 30.8 Å². The molecule has 0 aliphatic rings. The third-order valence-electron chi connectivity index (χ3n) is 5.65.